The highest BCUT2D eigenvalue weighted by molar-refractivity contribution is 6.09. The van der Waals surface area contributed by atoms with Crippen LogP contribution in [0.4, 0.5) is 11.4 Å². The normalized spacial score (nSPS) is 22.2. The van der Waals surface area contributed by atoms with Crippen LogP contribution in [0.3, 0.4) is 0 Å². The Morgan fingerprint density at radius 1 is 1.32 bits per heavy atom. The molecule has 2 aliphatic heterocycles. The number of benzene rings is 1. The number of anilines is 2. The van der Waals surface area contributed by atoms with E-state index in [2.05, 4.69) is 10.3 Å². The standard InChI is InChI=1S/C19H19N5O/c20-11-14(12-21)13-3-5-15(6-4-13)24-9-7-19(18(24)25)10-17-16(23-19)2-1-8-22-17/h1-6,8,11-12,20,23H,7,9-10,21H2/b14-12+,20-11?. The van der Waals surface area contributed by atoms with E-state index >= 15 is 0 Å². The van der Waals surface area contributed by atoms with Gasteiger partial charge in [0.25, 0.3) is 5.91 Å². The van der Waals surface area contributed by atoms with Crippen molar-refractivity contribution in [1.82, 2.24) is 4.98 Å². The van der Waals surface area contributed by atoms with Crippen molar-refractivity contribution in [2.24, 2.45) is 5.73 Å². The topological polar surface area (TPSA) is 95.1 Å². The summed E-state index contributed by atoms with van der Waals surface area (Å²) in [7, 11) is 0. The Morgan fingerprint density at radius 3 is 2.80 bits per heavy atom. The minimum atomic E-state index is -0.577. The number of hydrogen-bond donors (Lipinski definition) is 3. The number of aromatic nitrogens is 1. The predicted molar refractivity (Wildman–Crippen MR) is 98.7 cm³/mol. The summed E-state index contributed by atoms with van der Waals surface area (Å²) in [5, 5.41) is 10.8. The third kappa shape index (κ3) is 2.38. The molecule has 2 aromatic rings. The predicted octanol–water partition coefficient (Wildman–Crippen LogP) is 2.17. The Hall–Kier alpha value is -3.15. The fraction of sp³-hybridized carbons (Fsp3) is 0.211. The van der Waals surface area contributed by atoms with Crippen LogP contribution in [0.15, 0.2) is 48.8 Å². The Kier molecular flexibility index (Phi) is 3.53. The molecule has 1 unspecified atom stereocenters. The monoisotopic (exact) mass is 333 g/mol. The zero-order valence-electron chi connectivity index (χ0n) is 13.7. The number of nitrogens with zero attached hydrogens (tertiary/aromatic N) is 2. The van der Waals surface area contributed by atoms with Gasteiger partial charge in [-0.15, -0.1) is 0 Å². The van der Waals surface area contributed by atoms with Crippen molar-refractivity contribution in [3.63, 3.8) is 0 Å². The average molecular weight is 333 g/mol. The summed E-state index contributed by atoms with van der Waals surface area (Å²) in [6, 6.07) is 11.4. The lowest BCUT2D eigenvalue weighted by molar-refractivity contribution is -0.120. The maximum absolute atomic E-state index is 13.1. The van der Waals surface area contributed by atoms with E-state index in [1.807, 2.05) is 41.3 Å². The highest BCUT2D eigenvalue weighted by Crippen LogP contribution is 2.39. The summed E-state index contributed by atoms with van der Waals surface area (Å²) in [6.45, 7) is 0.670. The number of fused-ring (bicyclic) bond motifs is 1. The molecule has 6 nitrogen and oxygen atoms in total. The molecule has 0 aliphatic carbocycles. The Bertz CT molecular complexity index is 847. The molecule has 1 aromatic heterocycles. The van der Waals surface area contributed by atoms with Gasteiger partial charge in [0.05, 0.1) is 11.4 Å². The van der Waals surface area contributed by atoms with E-state index < -0.39 is 5.54 Å². The fourth-order valence-corrected chi connectivity index (χ4v) is 3.64. The van der Waals surface area contributed by atoms with Crippen LogP contribution < -0.4 is 16.0 Å². The molecular formula is C19H19N5O. The van der Waals surface area contributed by atoms with E-state index in [9.17, 15) is 4.79 Å². The zero-order valence-corrected chi connectivity index (χ0v) is 13.7. The molecule has 0 bridgehead atoms. The largest absolute Gasteiger partial charge is 0.404 e. The molecule has 1 fully saturated rings. The van der Waals surface area contributed by atoms with E-state index in [1.54, 1.807) is 6.20 Å². The minimum absolute atomic E-state index is 0.0832. The molecule has 4 rings (SSSR count). The third-order valence-corrected chi connectivity index (χ3v) is 5.00. The summed E-state index contributed by atoms with van der Waals surface area (Å²) < 4.78 is 0. The van der Waals surface area contributed by atoms with E-state index in [0.717, 1.165) is 29.1 Å². The molecule has 0 radical (unpaired) electrons. The molecule has 1 spiro atoms. The maximum atomic E-state index is 13.1. The molecule has 1 amide bonds. The highest BCUT2D eigenvalue weighted by atomic mass is 16.2. The number of nitrogens with one attached hydrogen (secondary N) is 2. The van der Waals surface area contributed by atoms with Crippen molar-refractivity contribution >= 4 is 29.1 Å². The maximum Gasteiger partial charge on any atom is 0.253 e. The molecule has 0 saturated carbocycles. The number of pyridine rings is 1. The fourth-order valence-electron chi connectivity index (χ4n) is 3.64. The average Bonchev–Trinajstić information content (AvgIpc) is 3.17. The van der Waals surface area contributed by atoms with Crippen LogP contribution in [0.25, 0.3) is 5.57 Å². The summed E-state index contributed by atoms with van der Waals surface area (Å²) in [5.74, 6) is 0.0832. The zero-order chi connectivity index (χ0) is 17.4. The van der Waals surface area contributed by atoms with Crippen molar-refractivity contribution < 1.29 is 4.79 Å². The van der Waals surface area contributed by atoms with Crippen LogP contribution in [0, 0.1) is 5.41 Å². The molecule has 1 aromatic carbocycles. The van der Waals surface area contributed by atoms with Gasteiger partial charge in [0.15, 0.2) is 0 Å². The van der Waals surface area contributed by atoms with Crippen molar-refractivity contribution in [3.05, 3.63) is 60.1 Å². The van der Waals surface area contributed by atoms with Crippen molar-refractivity contribution in [2.45, 2.75) is 18.4 Å². The van der Waals surface area contributed by atoms with Gasteiger partial charge in [-0.1, -0.05) is 12.1 Å². The lowest BCUT2D eigenvalue weighted by Gasteiger charge is -2.24. The molecular weight excluding hydrogens is 314 g/mol. The number of hydrogen-bond acceptors (Lipinski definition) is 5. The van der Waals surface area contributed by atoms with Gasteiger partial charge in [-0.2, -0.15) is 0 Å². The second-order valence-corrected chi connectivity index (χ2v) is 6.40. The van der Waals surface area contributed by atoms with Gasteiger partial charge in [-0.3, -0.25) is 9.78 Å². The summed E-state index contributed by atoms with van der Waals surface area (Å²) in [4.78, 5) is 19.3. The second kappa shape index (κ2) is 5.73. The molecule has 25 heavy (non-hydrogen) atoms. The first-order chi connectivity index (χ1) is 12.2. The van der Waals surface area contributed by atoms with Crippen LogP contribution in [0.1, 0.15) is 17.7 Å². The SMILES string of the molecule is N=C/C(=C\N)c1ccc(N2CCC3(Cc4ncccc4N3)C2=O)cc1. The Labute approximate surface area is 145 Å². The quantitative estimate of drug-likeness (QED) is 0.750. The highest BCUT2D eigenvalue weighted by Gasteiger charge is 2.51. The van der Waals surface area contributed by atoms with Crippen LogP contribution in [-0.4, -0.2) is 29.2 Å². The van der Waals surface area contributed by atoms with Crippen molar-refractivity contribution in [2.75, 3.05) is 16.8 Å². The minimum Gasteiger partial charge on any atom is -0.404 e. The molecule has 6 heteroatoms. The molecule has 1 atom stereocenters. The molecule has 2 aliphatic rings. The number of carbonyl (C=O) groups excluding carboxylic acids is 1. The third-order valence-electron chi connectivity index (χ3n) is 5.00. The Balaban J connectivity index is 1.58. The van der Waals surface area contributed by atoms with Gasteiger partial charge in [-0.05, 0) is 36.2 Å². The first-order valence-corrected chi connectivity index (χ1v) is 8.24. The summed E-state index contributed by atoms with van der Waals surface area (Å²) in [6.07, 6.45) is 5.77. The molecule has 1 saturated heterocycles. The molecule has 3 heterocycles. The summed E-state index contributed by atoms with van der Waals surface area (Å²) in [5.41, 5.74) is 9.23. The first kappa shape index (κ1) is 15.4. The van der Waals surface area contributed by atoms with E-state index in [1.165, 1.54) is 12.4 Å². The van der Waals surface area contributed by atoms with Crippen molar-refractivity contribution in [3.8, 4) is 0 Å². The van der Waals surface area contributed by atoms with E-state index in [-0.39, 0.29) is 5.91 Å². The van der Waals surface area contributed by atoms with Crippen LogP contribution in [0.5, 0.6) is 0 Å². The number of amides is 1. The number of allylic oxidation sites excluding steroid dienone is 1. The van der Waals surface area contributed by atoms with E-state index in [0.29, 0.717) is 18.5 Å². The van der Waals surface area contributed by atoms with Gasteiger partial charge in [0, 0.05) is 42.8 Å². The van der Waals surface area contributed by atoms with Gasteiger partial charge in [0.1, 0.15) is 5.54 Å². The Morgan fingerprint density at radius 2 is 2.12 bits per heavy atom. The summed E-state index contributed by atoms with van der Waals surface area (Å²) >= 11 is 0. The molecule has 126 valence electrons. The smallest absolute Gasteiger partial charge is 0.253 e. The van der Waals surface area contributed by atoms with Crippen LogP contribution in [-0.2, 0) is 11.2 Å². The van der Waals surface area contributed by atoms with E-state index in [4.69, 9.17) is 11.1 Å². The van der Waals surface area contributed by atoms with Gasteiger partial charge in [0.2, 0.25) is 0 Å². The van der Waals surface area contributed by atoms with Gasteiger partial charge < -0.3 is 21.4 Å². The van der Waals surface area contributed by atoms with Crippen LogP contribution >= 0.6 is 0 Å². The number of carbonyl (C=O) groups is 1. The lowest BCUT2D eigenvalue weighted by atomic mass is 9.95. The van der Waals surface area contributed by atoms with Gasteiger partial charge in [-0.25, -0.2) is 0 Å². The molecule has 4 N–H and O–H groups in total. The number of rotatable bonds is 3. The van der Waals surface area contributed by atoms with Gasteiger partial charge >= 0.3 is 0 Å². The number of nitrogens with two attached hydrogens (primary N) is 1. The van der Waals surface area contributed by atoms with Crippen molar-refractivity contribution in [1.29, 1.82) is 5.41 Å². The first-order valence-electron chi connectivity index (χ1n) is 8.24. The lowest BCUT2D eigenvalue weighted by Crippen LogP contribution is -2.45. The van der Waals surface area contributed by atoms with Crippen LogP contribution in [0.2, 0.25) is 0 Å². The second-order valence-electron chi connectivity index (χ2n) is 6.40.